The molecule has 0 saturated carbocycles. The lowest BCUT2D eigenvalue weighted by atomic mass is 9.79. The van der Waals surface area contributed by atoms with E-state index in [9.17, 15) is 8.78 Å². The highest BCUT2D eigenvalue weighted by molar-refractivity contribution is 5.53. The molecule has 0 spiro atoms. The lowest BCUT2D eigenvalue weighted by Crippen LogP contribution is -2.52. The zero-order valence-electron chi connectivity index (χ0n) is 11.1. The van der Waals surface area contributed by atoms with Crippen molar-refractivity contribution in [1.29, 1.82) is 5.26 Å². The van der Waals surface area contributed by atoms with Gasteiger partial charge in [0, 0.05) is 19.1 Å². The Bertz CT molecular complexity index is 511. The van der Waals surface area contributed by atoms with Crippen LogP contribution in [0.15, 0.2) is 12.1 Å². The number of rotatable bonds is 1. The molecule has 1 aromatic carbocycles. The van der Waals surface area contributed by atoms with Crippen LogP contribution in [0, 0.1) is 28.4 Å². The van der Waals surface area contributed by atoms with Crippen molar-refractivity contribution in [2.75, 3.05) is 18.0 Å². The number of nitriles is 1. The number of anilines is 1. The molecule has 1 aliphatic heterocycles. The van der Waals surface area contributed by atoms with E-state index in [4.69, 9.17) is 11.0 Å². The van der Waals surface area contributed by atoms with Crippen molar-refractivity contribution in [2.24, 2.45) is 11.1 Å². The number of benzene rings is 1. The summed E-state index contributed by atoms with van der Waals surface area (Å²) in [5, 5.41) is 8.69. The van der Waals surface area contributed by atoms with Gasteiger partial charge >= 0.3 is 0 Å². The van der Waals surface area contributed by atoms with Crippen LogP contribution in [-0.2, 0) is 0 Å². The standard InChI is InChI=1S/C14H17F2N3/c1-14(2)8-19(4-3-12(14)18)13-10(15)5-9(7-17)6-11(13)16/h5-6,12H,3-4,8,18H2,1-2H3. The number of nitrogens with two attached hydrogens (primary N) is 1. The summed E-state index contributed by atoms with van der Waals surface area (Å²) >= 11 is 0. The van der Waals surface area contributed by atoms with Crippen LogP contribution in [0.1, 0.15) is 25.8 Å². The Morgan fingerprint density at radius 2 is 1.95 bits per heavy atom. The minimum Gasteiger partial charge on any atom is -0.366 e. The predicted molar refractivity (Wildman–Crippen MR) is 69.7 cm³/mol. The largest absolute Gasteiger partial charge is 0.366 e. The highest BCUT2D eigenvalue weighted by Crippen LogP contribution is 2.33. The van der Waals surface area contributed by atoms with Gasteiger partial charge in [0.15, 0.2) is 11.6 Å². The van der Waals surface area contributed by atoms with Gasteiger partial charge in [0.05, 0.1) is 11.6 Å². The second kappa shape index (κ2) is 4.78. The van der Waals surface area contributed by atoms with Gasteiger partial charge in [0.2, 0.25) is 0 Å². The molecule has 3 nitrogen and oxygen atoms in total. The third kappa shape index (κ3) is 2.54. The Kier molecular flexibility index (Phi) is 3.46. The van der Waals surface area contributed by atoms with E-state index in [0.29, 0.717) is 19.5 Å². The minimum atomic E-state index is -0.692. The summed E-state index contributed by atoms with van der Waals surface area (Å²) in [4.78, 5) is 1.68. The van der Waals surface area contributed by atoms with Crippen molar-refractivity contribution < 1.29 is 8.78 Å². The average Bonchev–Trinajstić information content (AvgIpc) is 2.32. The molecule has 1 saturated heterocycles. The number of hydrogen-bond acceptors (Lipinski definition) is 3. The number of hydrogen-bond donors (Lipinski definition) is 1. The maximum absolute atomic E-state index is 14.0. The Morgan fingerprint density at radius 3 is 2.42 bits per heavy atom. The van der Waals surface area contributed by atoms with Gasteiger partial charge in [-0.2, -0.15) is 5.26 Å². The van der Waals surface area contributed by atoms with Crippen molar-refractivity contribution in [1.82, 2.24) is 0 Å². The molecule has 5 heteroatoms. The Labute approximate surface area is 111 Å². The van der Waals surface area contributed by atoms with Crippen molar-refractivity contribution in [3.63, 3.8) is 0 Å². The van der Waals surface area contributed by atoms with E-state index >= 15 is 0 Å². The lowest BCUT2D eigenvalue weighted by Gasteiger charge is -2.43. The van der Waals surface area contributed by atoms with E-state index in [-0.39, 0.29) is 22.7 Å². The van der Waals surface area contributed by atoms with Gasteiger partial charge in [-0.15, -0.1) is 0 Å². The third-order valence-corrected chi connectivity index (χ3v) is 3.77. The van der Waals surface area contributed by atoms with E-state index in [1.54, 1.807) is 11.0 Å². The maximum Gasteiger partial charge on any atom is 0.150 e. The smallest absolute Gasteiger partial charge is 0.150 e. The fourth-order valence-corrected chi connectivity index (χ4v) is 2.50. The summed E-state index contributed by atoms with van der Waals surface area (Å²) in [7, 11) is 0. The Morgan fingerprint density at radius 1 is 1.37 bits per heavy atom. The van der Waals surface area contributed by atoms with Crippen LogP contribution in [0.2, 0.25) is 0 Å². The molecule has 2 rings (SSSR count). The molecule has 0 amide bonds. The van der Waals surface area contributed by atoms with Gasteiger partial charge in [-0.3, -0.25) is 0 Å². The molecule has 1 heterocycles. The Hall–Kier alpha value is -1.67. The number of nitrogens with zero attached hydrogens (tertiary/aromatic N) is 2. The summed E-state index contributed by atoms with van der Waals surface area (Å²) in [6.45, 7) is 4.99. The molecule has 19 heavy (non-hydrogen) atoms. The average molecular weight is 265 g/mol. The second-order valence-electron chi connectivity index (χ2n) is 5.71. The normalized spacial score (nSPS) is 22.1. The molecule has 1 aromatic rings. The number of halogens is 2. The SMILES string of the molecule is CC1(C)CN(c2c(F)cc(C#N)cc2F)CCC1N. The van der Waals surface area contributed by atoms with Crippen molar-refractivity contribution >= 4 is 5.69 Å². The van der Waals surface area contributed by atoms with Crippen LogP contribution in [-0.4, -0.2) is 19.1 Å². The van der Waals surface area contributed by atoms with Crippen LogP contribution < -0.4 is 10.6 Å². The first-order valence-corrected chi connectivity index (χ1v) is 6.25. The van der Waals surface area contributed by atoms with Crippen LogP contribution in [0.4, 0.5) is 14.5 Å². The zero-order chi connectivity index (χ0) is 14.2. The molecule has 1 unspecified atom stereocenters. The molecule has 1 atom stereocenters. The molecular formula is C14H17F2N3. The van der Waals surface area contributed by atoms with E-state index in [1.807, 2.05) is 13.8 Å². The van der Waals surface area contributed by atoms with Gasteiger partial charge in [-0.25, -0.2) is 8.78 Å². The molecule has 2 N–H and O–H groups in total. The van der Waals surface area contributed by atoms with Gasteiger partial charge in [0.25, 0.3) is 0 Å². The van der Waals surface area contributed by atoms with E-state index in [2.05, 4.69) is 0 Å². The highest BCUT2D eigenvalue weighted by atomic mass is 19.1. The van der Waals surface area contributed by atoms with Crippen LogP contribution in [0.5, 0.6) is 0 Å². The fourth-order valence-electron chi connectivity index (χ4n) is 2.50. The summed E-state index contributed by atoms with van der Waals surface area (Å²) < 4.78 is 27.9. The molecule has 102 valence electrons. The monoisotopic (exact) mass is 265 g/mol. The molecular weight excluding hydrogens is 248 g/mol. The molecule has 0 aromatic heterocycles. The molecule has 0 bridgehead atoms. The van der Waals surface area contributed by atoms with E-state index in [0.717, 1.165) is 12.1 Å². The summed E-state index contributed by atoms with van der Waals surface area (Å²) in [5.74, 6) is -1.38. The first kappa shape index (κ1) is 13.8. The third-order valence-electron chi connectivity index (χ3n) is 3.77. The molecule has 0 aliphatic carbocycles. The van der Waals surface area contributed by atoms with Crippen molar-refractivity contribution in [3.05, 3.63) is 29.3 Å². The first-order valence-electron chi connectivity index (χ1n) is 6.25. The summed E-state index contributed by atoms with van der Waals surface area (Å²) in [6, 6.07) is 3.90. The Balaban J connectivity index is 2.36. The number of piperidine rings is 1. The van der Waals surface area contributed by atoms with Gasteiger partial charge < -0.3 is 10.6 Å². The second-order valence-corrected chi connectivity index (χ2v) is 5.71. The molecule has 1 aliphatic rings. The molecule has 1 fully saturated rings. The minimum absolute atomic E-state index is 0.00767. The van der Waals surface area contributed by atoms with Crippen molar-refractivity contribution in [3.8, 4) is 6.07 Å². The van der Waals surface area contributed by atoms with Gasteiger partial charge in [-0.05, 0) is 24.0 Å². The van der Waals surface area contributed by atoms with Crippen LogP contribution in [0.3, 0.4) is 0 Å². The van der Waals surface area contributed by atoms with Crippen LogP contribution >= 0.6 is 0 Å². The summed E-state index contributed by atoms with van der Waals surface area (Å²) in [6.07, 6.45) is 0.686. The van der Waals surface area contributed by atoms with Gasteiger partial charge in [0.1, 0.15) is 5.69 Å². The zero-order valence-corrected chi connectivity index (χ0v) is 11.1. The quantitative estimate of drug-likeness (QED) is 0.848. The van der Waals surface area contributed by atoms with Gasteiger partial charge in [-0.1, -0.05) is 13.8 Å². The van der Waals surface area contributed by atoms with Crippen LogP contribution in [0.25, 0.3) is 0 Å². The lowest BCUT2D eigenvalue weighted by molar-refractivity contribution is 0.243. The first-order chi connectivity index (χ1) is 8.85. The maximum atomic E-state index is 14.0. The molecule has 0 radical (unpaired) electrons. The highest BCUT2D eigenvalue weighted by Gasteiger charge is 2.35. The fraction of sp³-hybridized carbons (Fsp3) is 0.500. The van der Waals surface area contributed by atoms with E-state index in [1.165, 1.54) is 0 Å². The summed E-state index contributed by atoms with van der Waals surface area (Å²) in [5.41, 5.74) is 5.75. The van der Waals surface area contributed by atoms with E-state index < -0.39 is 11.6 Å². The predicted octanol–water partition coefficient (Wildman–Crippen LogP) is 2.40. The van der Waals surface area contributed by atoms with Crippen molar-refractivity contribution in [2.45, 2.75) is 26.3 Å². The topological polar surface area (TPSA) is 53.0 Å².